The van der Waals surface area contributed by atoms with Crippen molar-refractivity contribution < 1.29 is 4.79 Å². The first-order chi connectivity index (χ1) is 12.6. The summed E-state index contributed by atoms with van der Waals surface area (Å²) in [6.07, 6.45) is 7.94. The summed E-state index contributed by atoms with van der Waals surface area (Å²) in [5, 5.41) is 4.56. The number of nitrogens with zero attached hydrogens (tertiary/aromatic N) is 5. The Kier molecular flexibility index (Phi) is 4.53. The summed E-state index contributed by atoms with van der Waals surface area (Å²) in [7, 11) is 0. The second-order valence-corrected chi connectivity index (χ2v) is 7.27. The molecule has 0 saturated carbocycles. The van der Waals surface area contributed by atoms with Crippen LogP contribution in [0.25, 0.3) is 0 Å². The molecule has 1 fully saturated rings. The minimum atomic E-state index is -0.0660. The number of rotatable bonds is 3. The van der Waals surface area contributed by atoms with Crippen LogP contribution in [0.15, 0.2) is 23.3 Å². The number of hydrogen-bond acceptors (Lipinski definition) is 5. The molecule has 1 aliphatic heterocycles. The van der Waals surface area contributed by atoms with E-state index in [2.05, 4.69) is 15.1 Å². The van der Waals surface area contributed by atoms with Gasteiger partial charge >= 0.3 is 0 Å². The maximum atomic E-state index is 12.5. The lowest BCUT2D eigenvalue weighted by Gasteiger charge is -2.31. The van der Waals surface area contributed by atoms with Crippen molar-refractivity contribution in [1.82, 2.24) is 24.6 Å². The molecule has 0 aromatic carbocycles. The van der Waals surface area contributed by atoms with Gasteiger partial charge in [-0.3, -0.25) is 14.6 Å². The number of amides is 1. The molecule has 1 saturated heterocycles. The molecular weight excluding hydrogens is 330 g/mol. The Morgan fingerprint density at radius 1 is 1.19 bits per heavy atom. The zero-order chi connectivity index (χ0) is 18.1. The highest BCUT2D eigenvalue weighted by Crippen LogP contribution is 2.21. The Bertz CT molecular complexity index is 866. The van der Waals surface area contributed by atoms with Gasteiger partial charge in [-0.1, -0.05) is 0 Å². The molecule has 2 aromatic rings. The lowest BCUT2D eigenvalue weighted by molar-refractivity contribution is 0.0674. The fourth-order valence-electron chi connectivity index (χ4n) is 3.80. The van der Waals surface area contributed by atoms with Crippen molar-refractivity contribution in [2.45, 2.75) is 45.6 Å². The van der Waals surface area contributed by atoms with E-state index in [0.29, 0.717) is 31.2 Å². The zero-order valence-electron chi connectivity index (χ0n) is 15.0. The van der Waals surface area contributed by atoms with Crippen LogP contribution in [-0.4, -0.2) is 43.6 Å². The Labute approximate surface area is 152 Å². The number of aryl methyl sites for hydroxylation is 3. The van der Waals surface area contributed by atoms with Gasteiger partial charge in [-0.05, 0) is 50.5 Å². The van der Waals surface area contributed by atoms with Crippen LogP contribution in [0.3, 0.4) is 0 Å². The second kappa shape index (κ2) is 6.97. The summed E-state index contributed by atoms with van der Waals surface area (Å²) < 4.78 is 1.62. The average molecular weight is 353 g/mol. The summed E-state index contributed by atoms with van der Waals surface area (Å²) in [6, 6.07) is 1.75. The topological polar surface area (TPSA) is 81.0 Å². The van der Waals surface area contributed by atoms with Crippen molar-refractivity contribution in [3.63, 3.8) is 0 Å². The molecule has 3 heterocycles. The Balaban J connectivity index is 1.37. The van der Waals surface area contributed by atoms with E-state index in [1.165, 1.54) is 6.20 Å². The van der Waals surface area contributed by atoms with Crippen LogP contribution >= 0.6 is 0 Å². The third-order valence-corrected chi connectivity index (χ3v) is 5.36. The van der Waals surface area contributed by atoms with Crippen LogP contribution in [0.1, 0.15) is 46.7 Å². The predicted molar refractivity (Wildman–Crippen MR) is 95.9 cm³/mol. The molecule has 0 radical (unpaired) electrons. The van der Waals surface area contributed by atoms with Crippen LogP contribution in [0.4, 0.5) is 0 Å². The molecule has 0 unspecified atom stereocenters. The number of carbonyl (C=O) groups is 1. The van der Waals surface area contributed by atoms with E-state index in [4.69, 9.17) is 0 Å². The first kappa shape index (κ1) is 16.9. The van der Waals surface area contributed by atoms with Gasteiger partial charge in [0.25, 0.3) is 11.5 Å². The van der Waals surface area contributed by atoms with Crippen LogP contribution in [-0.2, 0) is 19.4 Å². The summed E-state index contributed by atoms with van der Waals surface area (Å²) in [5.74, 6) is 0.302. The van der Waals surface area contributed by atoms with E-state index in [-0.39, 0.29) is 11.5 Å². The Morgan fingerprint density at radius 2 is 2.00 bits per heavy atom. The van der Waals surface area contributed by atoms with Gasteiger partial charge in [-0.15, -0.1) is 0 Å². The fraction of sp³-hybridized carbons (Fsp3) is 0.526. The van der Waals surface area contributed by atoms with Gasteiger partial charge in [0, 0.05) is 31.9 Å². The highest BCUT2D eigenvalue weighted by atomic mass is 16.2. The van der Waals surface area contributed by atoms with Crippen molar-refractivity contribution in [3.05, 3.63) is 51.5 Å². The lowest BCUT2D eigenvalue weighted by Crippen LogP contribution is -2.40. The van der Waals surface area contributed by atoms with Crippen molar-refractivity contribution in [3.8, 4) is 0 Å². The van der Waals surface area contributed by atoms with E-state index in [9.17, 15) is 9.59 Å². The van der Waals surface area contributed by atoms with Crippen LogP contribution < -0.4 is 5.56 Å². The molecule has 7 nitrogen and oxygen atoms in total. The molecule has 7 heteroatoms. The highest BCUT2D eigenvalue weighted by Gasteiger charge is 2.25. The van der Waals surface area contributed by atoms with Gasteiger partial charge in [-0.2, -0.15) is 5.10 Å². The SMILES string of the molecule is Cc1cnc(C(=O)N2CCC(Cn3nc4c(cc3=O)CCC4)CC2)cn1. The molecule has 0 atom stereocenters. The van der Waals surface area contributed by atoms with Crippen molar-refractivity contribution in [2.75, 3.05) is 13.1 Å². The minimum absolute atomic E-state index is 0.000847. The Hall–Kier alpha value is -2.57. The lowest BCUT2D eigenvalue weighted by atomic mass is 9.96. The number of aromatic nitrogens is 4. The van der Waals surface area contributed by atoms with E-state index in [1.807, 2.05) is 11.8 Å². The minimum Gasteiger partial charge on any atom is -0.337 e. The molecule has 136 valence electrons. The second-order valence-electron chi connectivity index (χ2n) is 7.27. The van der Waals surface area contributed by atoms with Gasteiger partial charge in [0.15, 0.2) is 0 Å². The van der Waals surface area contributed by atoms with Crippen LogP contribution in [0, 0.1) is 12.8 Å². The maximum Gasteiger partial charge on any atom is 0.274 e. The fourth-order valence-corrected chi connectivity index (χ4v) is 3.80. The molecule has 26 heavy (non-hydrogen) atoms. The summed E-state index contributed by atoms with van der Waals surface area (Å²) in [6.45, 7) is 3.84. The first-order valence-corrected chi connectivity index (χ1v) is 9.28. The molecule has 0 N–H and O–H groups in total. The van der Waals surface area contributed by atoms with E-state index >= 15 is 0 Å². The molecule has 1 aliphatic carbocycles. The first-order valence-electron chi connectivity index (χ1n) is 9.28. The van der Waals surface area contributed by atoms with E-state index < -0.39 is 0 Å². The molecule has 1 amide bonds. The van der Waals surface area contributed by atoms with Gasteiger partial charge in [-0.25, -0.2) is 9.67 Å². The van der Waals surface area contributed by atoms with Gasteiger partial charge in [0.1, 0.15) is 5.69 Å². The third kappa shape index (κ3) is 3.38. The number of likely N-dealkylation sites (tertiary alicyclic amines) is 1. The third-order valence-electron chi connectivity index (χ3n) is 5.36. The van der Waals surface area contributed by atoms with Crippen molar-refractivity contribution >= 4 is 5.91 Å². The molecule has 2 aromatic heterocycles. The zero-order valence-corrected chi connectivity index (χ0v) is 15.0. The van der Waals surface area contributed by atoms with E-state index in [1.54, 1.807) is 16.9 Å². The number of fused-ring (bicyclic) bond motifs is 1. The Morgan fingerprint density at radius 3 is 2.73 bits per heavy atom. The van der Waals surface area contributed by atoms with Crippen molar-refractivity contribution in [2.24, 2.45) is 5.92 Å². The van der Waals surface area contributed by atoms with Crippen LogP contribution in [0.2, 0.25) is 0 Å². The maximum absolute atomic E-state index is 12.5. The predicted octanol–water partition coefficient (Wildman–Crippen LogP) is 1.38. The molecule has 2 aliphatic rings. The quantitative estimate of drug-likeness (QED) is 0.833. The van der Waals surface area contributed by atoms with Crippen molar-refractivity contribution in [1.29, 1.82) is 0 Å². The highest BCUT2D eigenvalue weighted by molar-refractivity contribution is 5.92. The summed E-state index contributed by atoms with van der Waals surface area (Å²) in [5.41, 5.74) is 3.39. The largest absolute Gasteiger partial charge is 0.337 e. The number of hydrogen-bond donors (Lipinski definition) is 0. The summed E-state index contributed by atoms with van der Waals surface area (Å²) >= 11 is 0. The smallest absolute Gasteiger partial charge is 0.274 e. The molecule has 4 rings (SSSR count). The molecule has 0 bridgehead atoms. The number of carbonyl (C=O) groups excluding carboxylic acids is 1. The standard InChI is InChI=1S/C19H23N5O2/c1-13-10-21-17(11-20-13)19(26)23-7-5-14(6-8-23)12-24-18(25)9-15-3-2-4-16(15)22-24/h9-11,14H,2-8,12H2,1H3. The number of piperidine rings is 1. The van der Waals surface area contributed by atoms with Crippen LogP contribution in [0.5, 0.6) is 0 Å². The van der Waals surface area contributed by atoms with Gasteiger partial charge < -0.3 is 4.90 Å². The monoisotopic (exact) mass is 353 g/mol. The average Bonchev–Trinajstić information content (AvgIpc) is 3.10. The normalized spacial score (nSPS) is 17.3. The van der Waals surface area contributed by atoms with Gasteiger partial charge in [0.2, 0.25) is 0 Å². The van der Waals surface area contributed by atoms with Gasteiger partial charge in [0.05, 0.1) is 17.6 Å². The molecule has 0 spiro atoms. The molecular formula is C19H23N5O2. The van der Waals surface area contributed by atoms with E-state index in [0.717, 1.165) is 49.1 Å². The summed E-state index contributed by atoms with van der Waals surface area (Å²) in [4.78, 5) is 34.9.